The fraction of sp³-hybridized carbons (Fsp3) is 1.00. The largest absolute Gasteiger partial charge is 0.381 e. The summed E-state index contributed by atoms with van der Waals surface area (Å²) in [5.41, 5.74) is 6.63. The van der Waals surface area contributed by atoms with Crippen LogP contribution in [0.15, 0.2) is 0 Å². The first-order valence-electron chi connectivity index (χ1n) is 6.24. The van der Waals surface area contributed by atoms with Crippen molar-refractivity contribution in [2.45, 2.75) is 53.0 Å². The average Bonchev–Trinajstić information content (AvgIpc) is 2.17. The lowest BCUT2D eigenvalue weighted by Crippen LogP contribution is -2.38. The molecule has 90 valence electrons. The fourth-order valence-electron chi connectivity index (χ4n) is 2.06. The van der Waals surface area contributed by atoms with Crippen LogP contribution in [0.5, 0.6) is 0 Å². The van der Waals surface area contributed by atoms with Gasteiger partial charge in [0.05, 0.1) is 6.61 Å². The Balaban J connectivity index is 2.36. The van der Waals surface area contributed by atoms with Crippen molar-refractivity contribution in [3.8, 4) is 0 Å². The molecule has 0 aromatic carbocycles. The van der Waals surface area contributed by atoms with E-state index in [-0.39, 0.29) is 0 Å². The van der Waals surface area contributed by atoms with Gasteiger partial charge in [-0.3, -0.25) is 0 Å². The highest BCUT2D eigenvalue weighted by Crippen LogP contribution is 2.31. The molecule has 0 amide bonds. The zero-order valence-corrected chi connectivity index (χ0v) is 10.8. The van der Waals surface area contributed by atoms with Crippen LogP contribution >= 0.6 is 0 Å². The number of rotatable bonds is 3. The van der Waals surface area contributed by atoms with Crippen molar-refractivity contribution in [3.05, 3.63) is 0 Å². The second kappa shape index (κ2) is 5.31. The molecule has 0 radical (unpaired) electrons. The van der Waals surface area contributed by atoms with Gasteiger partial charge in [0.1, 0.15) is 0 Å². The van der Waals surface area contributed by atoms with E-state index >= 15 is 0 Å². The van der Waals surface area contributed by atoms with Crippen LogP contribution in [0.4, 0.5) is 0 Å². The Morgan fingerprint density at radius 2 is 2.07 bits per heavy atom. The van der Waals surface area contributed by atoms with Gasteiger partial charge in [0.2, 0.25) is 0 Å². The quantitative estimate of drug-likeness (QED) is 0.782. The Kier molecular flexibility index (Phi) is 4.60. The van der Waals surface area contributed by atoms with Crippen LogP contribution in [-0.2, 0) is 4.74 Å². The smallest absolute Gasteiger partial charge is 0.0509 e. The van der Waals surface area contributed by atoms with Crippen LogP contribution in [0.2, 0.25) is 0 Å². The van der Waals surface area contributed by atoms with Crippen LogP contribution in [0, 0.1) is 17.3 Å². The molecule has 0 spiro atoms. The highest BCUT2D eigenvalue weighted by atomic mass is 16.5. The summed E-state index contributed by atoms with van der Waals surface area (Å²) >= 11 is 0. The van der Waals surface area contributed by atoms with E-state index < -0.39 is 0 Å². The van der Waals surface area contributed by atoms with E-state index in [0.29, 0.717) is 23.3 Å². The minimum Gasteiger partial charge on any atom is -0.381 e. The minimum absolute atomic E-state index is 0.319. The van der Waals surface area contributed by atoms with Gasteiger partial charge < -0.3 is 10.5 Å². The molecule has 0 bridgehead atoms. The van der Waals surface area contributed by atoms with Crippen molar-refractivity contribution in [1.29, 1.82) is 0 Å². The molecular formula is C13H27NO. The molecule has 2 heteroatoms. The second-order valence-corrected chi connectivity index (χ2v) is 6.14. The molecule has 1 aliphatic heterocycles. The van der Waals surface area contributed by atoms with Crippen molar-refractivity contribution < 1.29 is 4.74 Å². The van der Waals surface area contributed by atoms with Gasteiger partial charge in [0, 0.05) is 12.6 Å². The van der Waals surface area contributed by atoms with Gasteiger partial charge >= 0.3 is 0 Å². The van der Waals surface area contributed by atoms with Gasteiger partial charge in [0.15, 0.2) is 0 Å². The van der Waals surface area contributed by atoms with Crippen LogP contribution in [0.1, 0.15) is 47.0 Å². The molecule has 2 nitrogen and oxygen atoms in total. The van der Waals surface area contributed by atoms with Crippen LogP contribution in [-0.4, -0.2) is 19.3 Å². The van der Waals surface area contributed by atoms with E-state index in [4.69, 9.17) is 10.5 Å². The molecule has 0 aromatic heterocycles. The number of hydrogen-bond donors (Lipinski definition) is 1. The molecule has 1 rings (SSSR count). The van der Waals surface area contributed by atoms with E-state index in [1.165, 1.54) is 12.8 Å². The molecule has 2 N–H and O–H groups in total. The van der Waals surface area contributed by atoms with Crippen molar-refractivity contribution in [2.75, 3.05) is 13.2 Å². The van der Waals surface area contributed by atoms with E-state index in [1.54, 1.807) is 0 Å². The van der Waals surface area contributed by atoms with E-state index in [9.17, 15) is 0 Å². The highest BCUT2D eigenvalue weighted by molar-refractivity contribution is 4.80. The molecule has 0 saturated carbocycles. The number of hydrogen-bond acceptors (Lipinski definition) is 2. The molecular weight excluding hydrogens is 186 g/mol. The van der Waals surface area contributed by atoms with Gasteiger partial charge in [-0.05, 0) is 36.5 Å². The summed E-state index contributed by atoms with van der Waals surface area (Å²) in [7, 11) is 0. The summed E-state index contributed by atoms with van der Waals surface area (Å²) in [5, 5.41) is 0. The molecule has 3 unspecified atom stereocenters. The summed E-state index contributed by atoms with van der Waals surface area (Å²) < 4.78 is 5.49. The van der Waals surface area contributed by atoms with Crippen molar-refractivity contribution >= 4 is 0 Å². The summed E-state index contributed by atoms with van der Waals surface area (Å²) in [5.74, 6) is 1.26. The third-order valence-corrected chi connectivity index (χ3v) is 3.91. The SMILES string of the molecule is CC(CC(N)C1CCCOC1)C(C)(C)C. The Bertz CT molecular complexity index is 179. The number of ether oxygens (including phenoxy) is 1. The average molecular weight is 213 g/mol. The molecule has 1 fully saturated rings. The molecule has 0 aromatic rings. The summed E-state index contributed by atoms with van der Waals surface area (Å²) in [6, 6.07) is 0.319. The Hall–Kier alpha value is -0.0800. The molecule has 3 atom stereocenters. The number of nitrogens with two attached hydrogens (primary N) is 1. The lowest BCUT2D eigenvalue weighted by molar-refractivity contribution is 0.0387. The minimum atomic E-state index is 0.319. The van der Waals surface area contributed by atoms with E-state index in [2.05, 4.69) is 27.7 Å². The molecule has 15 heavy (non-hydrogen) atoms. The predicted molar refractivity (Wildman–Crippen MR) is 64.8 cm³/mol. The Labute approximate surface area is 94.6 Å². The first kappa shape index (κ1) is 13.0. The zero-order valence-electron chi connectivity index (χ0n) is 10.8. The topological polar surface area (TPSA) is 35.2 Å². The van der Waals surface area contributed by atoms with Gasteiger partial charge in [-0.25, -0.2) is 0 Å². The summed E-state index contributed by atoms with van der Waals surface area (Å²) in [4.78, 5) is 0. The zero-order chi connectivity index (χ0) is 11.5. The van der Waals surface area contributed by atoms with Crippen molar-refractivity contribution in [1.82, 2.24) is 0 Å². The Morgan fingerprint density at radius 3 is 2.53 bits per heavy atom. The first-order valence-corrected chi connectivity index (χ1v) is 6.24. The summed E-state index contributed by atoms with van der Waals surface area (Å²) in [6.07, 6.45) is 3.55. The van der Waals surface area contributed by atoms with E-state index in [1.807, 2.05) is 0 Å². The maximum absolute atomic E-state index is 6.27. The second-order valence-electron chi connectivity index (χ2n) is 6.14. The normalized spacial score (nSPS) is 27.4. The maximum Gasteiger partial charge on any atom is 0.0509 e. The lowest BCUT2D eigenvalue weighted by atomic mass is 9.76. The monoisotopic (exact) mass is 213 g/mol. The molecule has 1 heterocycles. The van der Waals surface area contributed by atoms with Crippen molar-refractivity contribution in [2.24, 2.45) is 23.0 Å². The lowest BCUT2D eigenvalue weighted by Gasteiger charge is -2.34. The fourth-order valence-corrected chi connectivity index (χ4v) is 2.06. The maximum atomic E-state index is 6.27. The van der Waals surface area contributed by atoms with Crippen LogP contribution in [0.25, 0.3) is 0 Å². The van der Waals surface area contributed by atoms with Gasteiger partial charge in [-0.2, -0.15) is 0 Å². The molecule has 0 aliphatic carbocycles. The molecule has 1 aliphatic rings. The van der Waals surface area contributed by atoms with E-state index in [0.717, 1.165) is 19.6 Å². The van der Waals surface area contributed by atoms with Gasteiger partial charge in [0.25, 0.3) is 0 Å². The molecule has 1 saturated heterocycles. The predicted octanol–water partition coefficient (Wildman–Crippen LogP) is 2.81. The summed E-state index contributed by atoms with van der Waals surface area (Å²) in [6.45, 7) is 11.0. The third-order valence-electron chi connectivity index (χ3n) is 3.91. The van der Waals surface area contributed by atoms with Gasteiger partial charge in [-0.15, -0.1) is 0 Å². The van der Waals surface area contributed by atoms with Crippen LogP contribution < -0.4 is 5.73 Å². The first-order chi connectivity index (χ1) is 6.91. The Morgan fingerprint density at radius 1 is 1.40 bits per heavy atom. The van der Waals surface area contributed by atoms with Crippen molar-refractivity contribution in [3.63, 3.8) is 0 Å². The standard InChI is InChI=1S/C13H27NO/c1-10(13(2,3)4)8-12(14)11-6-5-7-15-9-11/h10-12H,5-9,14H2,1-4H3. The highest BCUT2D eigenvalue weighted by Gasteiger charge is 2.27. The third kappa shape index (κ3) is 4.12. The van der Waals surface area contributed by atoms with Crippen LogP contribution in [0.3, 0.4) is 0 Å². The van der Waals surface area contributed by atoms with Gasteiger partial charge in [-0.1, -0.05) is 27.7 Å².